The third-order valence-corrected chi connectivity index (χ3v) is 5.39. The SMILES string of the molecule is CC(C)CCCCNC(=O)CCC(=O)N(CC(=O)O)C1CCN(C(C)C)CC1. The lowest BCUT2D eigenvalue weighted by Gasteiger charge is -2.39. The highest BCUT2D eigenvalue weighted by Crippen LogP contribution is 2.19. The average molecular weight is 398 g/mol. The maximum atomic E-state index is 12.6. The number of rotatable bonds is 12. The van der Waals surface area contributed by atoms with E-state index in [1.54, 1.807) is 0 Å². The van der Waals surface area contributed by atoms with E-state index in [0.717, 1.165) is 45.2 Å². The molecule has 0 bridgehead atoms. The number of unbranched alkanes of at least 4 members (excludes halogenated alkanes) is 1. The molecule has 28 heavy (non-hydrogen) atoms. The monoisotopic (exact) mass is 397 g/mol. The lowest BCUT2D eigenvalue weighted by molar-refractivity contribution is -0.147. The van der Waals surface area contributed by atoms with Gasteiger partial charge in [-0.1, -0.05) is 26.7 Å². The molecule has 0 aliphatic carbocycles. The lowest BCUT2D eigenvalue weighted by atomic mass is 10.0. The second kappa shape index (κ2) is 12.8. The maximum absolute atomic E-state index is 12.6. The fourth-order valence-corrected chi connectivity index (χ4v) is 3.64. The topological polar surface area (TPSA) is 90.0 Å². The smallest absolute Gasteiger partial charge is 0.323 e. The molecule has 0 aromatic carbocycles. The number of amides is 2. The minimum atomic E-state index is -1.01. The Hall–Kier alpha value is -1.63. The molecule has 1 rings (SSSR count). The highest BCUT2D eigenvalue weighted by molar-refractivity contribution is 5.86. The molecule has 0 aromatic heterocycles. The molecule has 1 aliphatic rings. The van der Waals surface area contributed by atoms with E-state index in [4.69, 9.17) is 0 Å². The van der Waals surface area contributed by atoms with E-state index in [9.17, 15) is 19.5 Å². The van der Waals surface area contributed by atoms with Crippen molar-refractivity contribution in [3.05, 3.63) is 0 Å². The van der Waals surface area contributed by atoms with Gasteiger partial charge in [-0.05, 0) is 39.0 Å². The van der Waals surface area contributed by atoms with Crippen LogP contribution in [-0.2, 0) is 14.4 Å². The molecular weight excluding hydrogens is 358 g/mol. The Bertz CT molecular complexity index is 500. The van der Waals surface area contributed by atoms with Crippen LogP contribution in [0.3, 0.4) is 0 Å². The first-order valence-corrected chi connectivity index (χ1v) is 10.7. The van der Waals surface area contributed by atoms with Gasteiger partial charge in [-0.3, -0.25) is 14.4 Å². The number of likely N-dealkylation sites (tertiary alicyclic amines) is 1. The molecule has 0 saturated carbocycles. The van der Waals surface area contributed by atoms with Crippen molar-refractivity contribution in [2.45, 2.75) is 84.7 Å². The zero-order valence-electron chi connectivity index (χ0n) is 18.1. The van der Waals surface area contributed by atoms with Crippen molar-refractivity contribution in [1.29, 1.82) is 0 Å². The largest absolute Gasteiger partial charge is 0.480 e. The maximum Gasteiger partial charge on any atom is 0.323 e. The molecule has 7 heteroatoms. The summed E-state index contributed by atoms with van der Waals surface area (Å²) in [5.74, 6) is -0.710. The van der Waals surface area contributed by atoms with E-state index in [1.165, 1.54) is 4.90 Å². The Labute approximate surface area is 169 Å². The summed E-state index contributed by atoms with van der Waals surface area (Å²) in [6.07, 6.45) is 4.90. The highest BCUT2D eigenvalue weighted by atomic mass is 16.4. The number of aliphatic carboxylic acids is 1. The lowest BCUT2D eigenvalue weighted by Crippen LogP contribution is -2.50. The van der Waals surface area contributed by atoms with Gasteiger partial charge in [-0.25, -0.2) is 0 Å². The Morgan fingerprint density at radius 1 is 1.07 bits per heavy atom. The first-order chi connectivity index (χ1) is 13.2. The van der Waals surface area contributed by atoms with Crippen LogP contribution < -0.4 is 5.32 Å². The number of carbonyl (C=O) groups excluding carboxylic acids is 2. The average Bonchev–Trinajstić information content (AvgIpc) is 2.63. The van der Waals surface area contributed by atoms with Crippen LogP contribution in [0.2, 0.25) is 0 Å². The summed E-state index contributed by atoms with van der Waals surface area (Å²) < 4.78 is 0. The normalized spacial score (nSPS) is 15.8. The van der Waals surface area contributed by atoms with Gasteiger partial charge >= 0.3 is 5.97 Å². The van der Waals surface area contributed by atoms with Gasteiger partial charge in [0.15, 0.2) is 0 Å². The fraction of sp³-hybridized carbons (Fsp3) is 0.857. The zero-order chi connectivity index (χ0) is 21.1. The second-order valence-corrected chi connectivity index (χ2v) is 8.52. The Kier molecular flexibility index (Phi) is 11.1. The van der Waals surface area contributed by atoms with Crippen molar-refractivity contribution in [2.75, 3.05) is 26.2 Å². The summed E-state index contributed by atoms with van der Waals surface area (Å²) in [4.78, 5) is 39.6. The molecule has 1 heterocycles. The standard InChI is InChI=1S/C21H39N3O4/c1-16(2)7-5-6-12-22-19(25)8-9-20(26)24(15-21(27)28)18-10-13-23(14-11-18)17(3)4/h16-18H,5-15H2,1-4H3,(H,22,25)(H,27,28). The number of carboxylic acid groups (broad SMARTS) is 1. The van der Waals surface area contributed by atoms with Gasteiger partial charge in [0, 0.05) is 44.6 Å². The zero-order valence-corrected chi connectivity index (χ0v) is 18.1. The van der Waals surface area contributed by atoms with E-state index in [2.05, 4.69) is 37.9 Å². The molecular formula is C21H39N3O4. The van der Waals surface area contributed by atoms with Gasteiger partial charge < -0.3 is 20.2 Å². The number of piperidine rings is 1. The van der Waals surface area contributed by atoms with Crippen LogP contribution in [0.4, 0.5) is 0 Å². The molecule has 1 fully saturated rings. The predicted octanol–water partition coefficient (Wildman–Crippen LogP) is 2.50. The summed E-state index contributed by atoms with van der Waals surface area (Å²) in [6.45, 7) is 10.7. The molecule has 0 spiro atoms. The summed E-state index contributed by atoms with van der Waals surface area (Å²) in [5.41, 5.74) is 0. The summed E-state index contributed by atoms with van der Waals surface area (Å²) in [5, 5.41) is 12.1. The first-order valence-electron chi connectivity index (χ1n) is 10.7. The van der Waals surface area contributed by atoms with Crippen molar-refractivity contribution in [3.63, 3.8) is 0 Å². The number of carboxylic acids is 1. The summed E-state index contributed by atoms with van der Waals surface area (Å²) in [7, 11) is 0. The van der Waals surface area contributed by atoms with Crippen LogP contribution in [0.15, 0.2) is 0 Å². The van der Waals surface area contributed by atoms with E-state index in [-0.39, 0.29) is 37.2 Å². The molecule has 7 nitrogen and oxygen atoms in total. The number of hydrogen-bond acceptors (Lipinski definition) is 4. The summed E-state index contributed by atoms with van der Waals surface area (Å²) >= 11 is 0. The molecule has 2 N–H and O–H groups in total. The Morgan fingerprint density at radius 2 is 1.71 bits per heavy atom. The Morgan fingerprint density at radius 3 is 2.25 bits per heavy atom. The second-order valence-electron chi connectivity index (χ2n) is 8.52. The van der Waals surface area contributed by atoms with E-state index in [1.807, 2.05) is 0 Å². The molecule has 0 atom stereocenters. The van der Waals surface area contributed by atoms with Crippen LogP contribution in [0.1, 0.15) is 72.6 Å². The first kappa shape index (κ1) is 24.4. The van der Waals surface area contributed by atoms with E-state index in [0.29, 0.717) is 18.5 Å². The van der Waals surface area contributed by atoms with Crippen molar-refractivity contribution < 1.29 is 19.5 Å². The van der Waals surface area contributed by atoms with Gasteiger partial charge in [-0.15, -0.1) is 0 Å². The van der Waals surface area contributed by atoms with Crippen molar-refractivity contribution in [1.82, 2.24) is 15.1 Å². The van der Waals surface area contributed by atoms with Gasteiger partial charge in [0.05, 0.1) is 0 Å². The summed E-state index contributed by atoms with van der Waals surface area (Å²) in [6, 6.07) is 0.395. The van der Waals surface area contributed by atoms with Crippen LogP contribution in [-0.4, -0.2) is 71.0 Å². The minimum Gasteiger partial charge on any atom is -0.480 e. The van der Waals surface area contributed by atoms with Crippen LogP contribution in [0, 0.1) is 5.92 Å². The van der Waals surface area contributed by atoms with Crippen LogP contribution in [0.5, 0.6) is 0 Å². The molecule has 0 radical (unpaired) electrons. The van der Waals surface area contributed by atoms with Gasteiger partial charge in [0.25, 0.3) is 0 Å². The molecule has 0 unspecified atom stereocenters. The van der Waals surface area contributed by atoms with Crippen LogP contribution >= 0.6 is 0 Å². The molecule has 1 saturated heterocycles. The minimum absolute atomic E-state index is 0.0577. The number of nitrogens with zero attached hydrogens (tertiary/aromatic N) is 2. The number of nitrogens with one attached hydrogen (secondary N) is 1. The fourth-order valence-electron chi connectivity index (χ4n) is 3.64. The van der Waals surface area contributed by atoms with Gasteiger partial charge in [0.2, 0.25) is 11.8 Å². The van der Waals surface area contributed by atoms with Crippen molar-refractivity contribution in [3.8, 4) is 0 Å². The van der Waals surface area contributed by atoms with E-state index < -0.39 is 5.97 Å². The van der Waals surface area contributed by atoms with Gasteiger partial charge in [-0.2, -0.15) is 0 Å². The number of carbonyl (C=O) groups is 3. The Balaban J connectivity index is 2.41. The van der Waals surface area contributed by atoms with Crippen molar-refractivity contribution >= 4 is 17.8 Å². The highest BCUT2D eigenvalue weighted by Gasteiger charge is 2.30. The van der Waals surface area contributed by atoms with Crippen molar-refractivity contribution in [2.24, 2.45) is 5.92 Å². The van der Waals surface area contributed by atoms with Gasteiger partial charge in [0.1, 0.15) is 6.54 Å². The third kappa shape index (κ3) is 9.53. The third-order valence-electron chi connectivity index (χ3n) is 5.39. The predicted molar refractivity (Wildman–Crippen MR) is 110 cm³/mol. The molecule has 162 valence electrons. The quantitative estimate of drug-likeness (QED) is 0.494. The number of hydrogen-bond donors (Lipinski definition) is 2. The molecule has 2 amide bonds. The molecule has 0 aromatic rings. The molecule has 1 aliphatic heterocycles. The van der Waals surface area contributed by atoms with E-state index >= 15 is 0 Å². The van der Waals surface area contributed by atoms with Crippen LogP contribution in [0.25, 0.3) is 0 Å².